The molecule has 2 bridgehead atoms. The third kappa shape index (κ3) is 2.03. The van der Waals surface area contributed by atoms with Crippen LogP contribution in [0.4, 0.5) is 0 Å². The molecule has 0 radical (unpaired) electrons. The van der Waals surface area contributed by atoms with Crippen LogP contribution >= 0.6 is 0 Å². The summed E-state index contributed by atoms with van der Waals surface area (Å²) in [6, 6.07) is 5.50. The molecule has 3 saturated heterocycles. The van der Waals surface area contributed by atoms with Gasteiger partial charge in [-0.25, -0.2) is 4.98 Å². The molecular weight excluding hydrogens is 278 g/mol. The van der Waals surface area contributed by atoms with Crippen LogP contribution in [0.25, 0.3) is 11.1 Å². The number of nitrogens with one attached hydrogen (secondary N) is 1. The molecule has 3 aliphatic rings. The second kappa shape index (κ2) is 4.81. The molecule has 3 fully saturated rings. The van der Waals surface area contributed by atoms with E-state index in [0.29, 0.717) is 17.2 Å². The number of furan rings is 1. The lowest BCUT2D eigenvalue weighted by Crippen LogP contribution is -2.69. The molecule has 5 heterocycles. The van der Waals surface area contributed by atoms with Crippen LogP contribution < -0.4 is 5.32 Å². The van der Waals surface area contributed by atoms with E-state index in [1.54, 1.807) is 24.5 Å². The van der Waals surface area contributed by atoms with Gasteiger partial charge in [-0.05, 0) is 57.8 Å². The van der Waals surface area contributed by atoms with Gasteiger partial charge in [0, 0.05) is 17.6 Å². The Morgan fingerprint density at radius 2 is 2.09 bits per heavy atom. The predicted molar refractivity (Wildman–Crippen MR) is 83.6 cm³/mol. The Kier molecular flexibility index (Phi) is 3.01. The number of carbonyl (C=O) groups excluding carboxylic acids is 1. The Bertz CT molecular complexity index is 714. The lowest BCUT2D eigenvalue weighted by molar-refractivity contribution is -0.0378. The first-order chi connectivity index (χ1) is 10.6. The van der Waals surface area contributed by atoms with Crippen molar-refractivity contribution < 1.29 is 9.21 Å². The molecule has 5 nitrogen and oxygen atoms in total. The molecule has 5 heteroatoms. The smallest absolute Gasteiger partial charge is 0.270 e. The summed E-state index contributed by atoms with van der Waals surface area (Å²) in [4.78, 5) is 19.5. The van der Waals surface area contributed by atoms with Crippen LogP contribution in [0.1, 0.15) is 37.2 Å². The van der Waals surface area contributed by atoms with Gasteiger partial charge >= 0.3 is 0 Å². The number of hydrogen-bond donors (Lipinski definition) is 1. The summed E-state index contributed by atoms with van der Waals surface area (Å²) in [6.45, 7) is 6.75. The lowest BCUT2D eigenvalue weighted by Gasteiger charge is -2.56. The van der Waals surface area contributed by atoms with Gasteiger partial charge in [0.1, 0.15) is 11.2 Å². The molecule has 0 unspecified atom stereocenters. The van der Waals surface area contributed by atoms with E-state index in [1.807, 2.05) is 0 Å². The number of amides is 1. The summed E-state index contributed by atoms with van der Waals surface area (Å²) in [7, 11) is 0. The zero-order valence-electron chi connectivity index (χ0n) is 13.0. The average molecular weight is 299 g/mol. The van der Waals surface area contributed by atoms with Gasteiger partial charge in [0.15, 0.2) is 5.58 Å². The van der Waals surface area contributed by atoms with E-state index in [2.05, 4.69) is 29.0 Å². The van der Waals surface area contributed by atoms with Gasteiger partial charge < -0.3 is 9.73 Å². The first kappa shape index (κ1) is 13.8. The highest BCUT2D eigenvalue weighted by Gasteiger charge is 2.48. The molecule has 3 aliphatic heterocycles. The van der Waals surface area contributed by atoms with E-state index in [1.165, 1.54) is 12.8 Å². The summed E-state index contributed by atoms with van der Waals surface area (Å²) < 4.78 is 5.28. The first-order valence-electron chi connectivity index (χ1n) is 7.96. The molecule has 116 valence electrons. The molecule has 2 aromatic heterocycles. The zero-order chi connectivity index (χ0) is 15.3. The maximum atomic E-state index is 12.6. The van der Waals surface area contributed by atoms with Gasteiger partial charge in [-0.1, -0.05) is 0 Å². The number of rotatable bonds is 2. The van der Waals surface area contributed by atoms with Gasteiger partial charge in [-0.15, -0.1) is 0 Å². The minimum Gasteiger partial charge on any atom is -0.463 e. The number of hydrogen-bond acceptors (Lipinski definition) is 4. The predicted octanol–water partition coefficient (Wildman–Crippen LogP) is 2.43. The molecule has 0 aliphatic carbocycles. The monoisotopic (exact) mass is 299 g/mol. The van der Waals surface area contributed by atoms with E-state index >= 15 is 0 Å². The van der Waals surface area contributed by atoms with E-state index in [9.17, 15) is 4.79 Å². The number of carbonyl (C=O) groups is 1. The highest BCUT2D eigenvalue weighted by molar-refractivity contribution is 5.94. The normalized spacial score (nSPS) is 29.6. The van der Waals surface area contributed by atoms with Gasteiger partial charge in [0.25, 0.3) is 5.91 Å². The van der Waals surface area contributed by atoms with Crippen molar-refractivity contribution in [1.29, 1.82) is 0 Å². The molecule has 1 atom stereocenters. The van der Waals surface area contributed by atoms with E-state index < -0.39 is 0 Å². The molecule has 1 amide bonds. The Balaban J connectivity index is 1.58. The lowest BCUT2D eigenvalue weighted by atomic mass is 9.72. The molecular formula is C17H21N3O2. The second-order valence-electron chi connectivity index (χ2n) is 6.93. The molecule has 1 N–H and O–H groups in total. The maximum absolute atomic E-state index is 12.6. The third-order valence-electron chi connectivity index (χ3n) is 5.41. The summed E-state index contributed by atoms with van der Waals surface area (Å²) in [5.74, 6) is 0.483. The molecule has 2 aromatic rings. The molecule has 0 aromatic carbocycles. The Hall–Kier alpha value is -1.88. The molecule has 0 saturated carbocycles. The second-order valence-corrected chi connectivity index (χ2v) is 6.93. The minimum atomic E-state index is -0.0880. The Morgan fingerprint density at radius 3 is 2.82 bits per heavy atom. The van der Waals surface area contributed by atoms with Crippen LogP contribution in [0.2, 0.25) is 0 Å². The summed E-state index contributed by atoms with van der Waals surface area (Å²) in [6.07, 6.45) is 3.93. The number of pyridine rings is 1. The summed E-state index contributed by atoms with van der Waals surface area (Å²) >= 11 is 0. The fraction of sp³-hybridized carbons (Fsp3) is 0.529. The average Bonchev–Trinajstić information content (AvgIpc) is 2.98. The Labute approximate surface area is 129 Å². The van der Waals surface area contributed by atoms with Gasteiger partial charge in [0.2, 0.25) is 0 Å². The van der Waals surface area contributed by atoms with E-state index in [4.69, 9.17) is 4.42 Å². The largest absolute Gasteiger partial charge is 0.463 e. The molecule has 5 rings (SSSR count). The van der Waals surface area contributed by atoms with Crippen LogP contribution in [0.15, 0.2) is 28.9 Å². The third-order valence-corrected chi connectivity index (χ3v) is 5.41. The maximum Gasteiger partial charge on any atom is 0.270 e. The van der Waals surface area contributed by atoms with Crippen molar-refractivity contribution in [3.05, 3.63) is 30.2 Å². The van der Waals surface area contributed by atoms with Gasteiger partial charge in [-0.3, -0.25) is 9.69 Å². The van der Waals surface area contributed by atoms with Crippen LogP contribution in [-0.2, 0) is 0 Å². The van der Waals surface area contributed by atoms with Gasteiger partial charge in [-0.2, -0.15) is 0 Å². The molecule has 22 heavy (non-hydrogen) atoms. The van der Waals surface area contributed by atoms with Crippen LogP contribution in [0, 0.1) is 5.92 Å². The van der Waals surface area contributed by atoms with Crippen molar-refractivity contribution in [2.75, 3.05) is 13.1 Å². The highest BCUT2D eigenvalue weighted by Crippen LogP contribution is 2.39. The first-order valence-corrected chi connectivity index (χ1v) is 7.96. The quantitative estimate of drug-likeness (QED) is 0.925. The van der Waals surface area contributed by atoms with Crippen molar-refractivity contribution in [3.8, 4) is 0 Å². The number of aromatic nitrogens is 1. The number of fused-ring (bicyclic) bond motifs is 4. The summed E-state index contributed by atoms with van der Waals surface area (Å²) in [5.41, 5.74) is 1.90. The number of piperidine rings is 3. The SMILES string of the molecule is CC1(C)[C@H](NC(=O)c2ccc3occc3n2)C2CCN1CC2. The summed E-state index contributed by atoms with van der Waals surface area (Å²) in [5, 5.41) is 3.24. The van der Waals surface area contributed by atoms with E-state index in [0.717, 1.165) is 18.6 Å². The van der Waals surface area contributed by atoms with E-state index in [-0.39, 0.29) is 17.5 Å². The topological polar surface area (TPSA) is 58.4 Å². The van der Waals surface area contributed by atoms with Crippen molar-refractivity contribution in [1.82, 2.24) is 15.2 Å². The van der Waals surface area contributed by atoms with Crippen LogP contribution in [-0.4, -0.2) is 40.5 Å². The van der Waals surface area contributed by atoms with Crippen molar-refractivity contribution >= 4 is 17.0 Å². The Morgan fingerprint density at radius 1 is 1.32 bits per heavy atom. The number of nitrogens with zero attached hydrogens (tertiary/aromatic N) is 2. The van der Waals surface area contributed by atoms with Crippen LogP contribution in [0.5, 0.6) is 0 Å². The highest BCUT2D eigenvalue weighted by atomic mass is 16.3. The van der Waals surface area contributed by atoms with Gasteiger partial charge in [0.05, 0.1) is 6.26 Å². The van der Waals surface area contributed by atoms with Crippen molar-refractivity contribution in [2.24, 2.45) is 5.92 Å². The minimum absolute atomic E-state index is 0.0105. The fourth-order valence-electron chi connectivity index (χ4n) is 4.07. The molecule has 0 spiro atoms. The zero-order valence-corrected chi connectivity index (χ0v) is 13.0. The fourth-order valence-corrected chi connectivity index (χ4v) is 4.07. The van der Waals surface area contributed by atoms with Crippen molar-refractivity contribution in [3.63, 3.8) is 0 Å². The van der Waals surface area contributed by atoms with Crippen molar-refractivity contribution in [2.45, 2.75) is 38.3 Å². The standard InChI is InChI=1S/C17H21N3O2/c1-17(2)15(11-5-8-20(17)9-6-11)19-16(21)13-3-4-14-12(18-13)7-10-22-14/h3-4,7,10-11,15H,5-6,8-9H2,1-2H3,(H,19,21)/t15-/m1/s1. The van der Waals surface area contributed by atoms with Crippen LogP contribution in [0.3, 0.4) is 0 Å².